The van der Waals surface area contributed by atoms with E-state index in [4.69, 9.17) is 0 Å². The van der Waals surface area contributed by atoms with E-state index in [1.165, 1.54) is 5.56 Å². The minimum Gasteiger partial charge on any atom is -0.289 e. The van der Waals surface area contributed by atoms with Gasteiger partial charge in [0, 0.05) is 5.56 Å². The maximum atomic E-state index is 12.0. The van der Waals surface area contributed by atoms with E-state index in [2.05, 4.69) is 0 Å². The number of hydrogen-bond donors (Lipinski definition) is 0. The number of aryl methyl sites for hydroxylation is 3. The number of allylic oxidation sites excluding steroid dienone is 4. The summed E-state index contributed by atoms with van der Waals surface area (Å²) in [6.45, 7) is 7.94. The Bertz CT molecular complexity index is 427. The van der Waals surface area contributed by atoms with Gasteiger partial charge >= 0.3 is 0 Å². The fourth-order valence-electron chi connectivity index (χ4n) is 1.91. The number of carbonyl (C=O) groups excluding carboxylic acids is 1. The summed E-state index contributed by atoms with van der Waals surface area (Å²) in [4.78, 5) is 12.0. The van der Waals surface area contributed by atoms with E-state index in [9.17, 15) is 4.79 Å². The van der Waals surface area contributed by atoms with Crippen molar-refractivity contribution in [3.8, 4) is 0 Å². The second-order valence-corrected chi connectivity index (χ2v) is 4.02. The molecule has 0 unspecified atom stereocenters. The Kier molecular flexibility index (Phi) is 4.24. The van der Waals surface area contributed by atoms with Crippen LogP contribution < -0.4 is 0 Å². The molecule has 0 spiro atoms. The highest BCUT2D eigenvalue weighted by molar-refractivity contribution is 6.06. The van der Waals surface area contributed by atoms with Gasteiger partial charge in [-0.1, -0.05) is 35.9 Å². The molecule has 16 heavy (non-hydrogen) atoms. The van der Waals surface area contributed by atoms with Gasteiger partial charge in [0.05, 0.1) is 0 Å². The molecular formula is C15H18O. The summed E-state index contributed by atoms with van der Waals surface area (Å²) >= 11 is 0. The van der Waals surface area contributed by atoms with Crippen LogP contribution in [0.2, 0.25) is 0 Å². The van der Waals surface area contributed by atoms with Crippen LogP contribution in [0.4, 0.5) is 0 Å². The van der Waals surface area contributed by atoms with Gasteiger partial charge in [-0.2, -0.15) is 0 Å². The van der Waals surface area contributed by atoms with Crippen LogP contribution in [0.15, 0.2) is 36.4 Å². The predicted octanol–water partition coefficient (Wildman–Crippen LogP) is 3.93. The van der Waals surface area contributed by atoms with Crippen LogP contribution in [0.25, 0.3) is 0 Å². The van der Waals surface area contributed by atoms with Crippen molar-refractivity contribution in [1.29, 1.82) is 0 Å². The lowest BCUT2D eigenvalue weighted by Crippen LogP contribution is -2.01. The lowest BCUT2D eigenvalue weighted by molar-refractivity contribution is 0.104. The van der Waals surface area contributed by atoms with Gasteiger partial charge in [0.15, 0.2) is 5.78 Å². The number of carbonyl (C=O) groups is 1. The van der Waals surface area contributed by atoms with Crippen LogP contribution in [0.3, 0.4) is 0 Å². The SMILES string of the molecule is C/C=C/C=C/C(=O)c1c(C)cc(C)cc1C. The van der Waals surface area contributed by atoms with Crippen LogP contribution >= 0.6 is 0 Å². The van der Waals surface area contributed by atoms with Crippen molar-refractivity contribution in [3.05, 3.63) is 58.7 Å². The van der Waals surface area contributed by atoms with Gasteiger partial charge in [-0.05, 0) is 44.9 Å². The minimum atomic E-state index is 0.0769. The molecule has 0 fully saturated rings. The number of ketones is 1. The predicted molar refractivity (Wildman–Crippen MR) is 68.9 cm³/mol. The van der Waals surface area contributed by atoms with Gasteiger partial charge < -0.3 is 0 Å². The summed E-state index contributed by atoms with van der Waals surface area (Å²) in [6, 6.07) is 4.09. The summed E-state index contributed by atoms with van der Waals surface area (Å²) < 4.78 is 0. The van der Waals surface area contributed by atoms with Gasteiger partial charge in [-0.3, -0.25) is 4.79 Å². The number of hydrogen-bond acceptors (Lipinski definition) is 1. The highest BCUT2D eigenvalue weighted by atomic mass is 16.1. The molecule has 0 aliphatic heterocycles. The monoisotopic (exact) mass is 214 g/mol. The third-order valence-corrected chi connectivity index (χ3v) is 2.47. The summed E-state index contributed by atoms with van der Waals surface area (Å²) in [6.07, 6.45) is 7.15. The van der Waals surface area contributed by atoms with Gasteiger partial charge in [0.2, 0.25) is 0 Å². The number of benzene rings is 1. The van der Waals surface area contributed by atoms with E-state index in [1.807, 2.05) is 52.0 Å². The summed E-state index contributed by atoms with van der Waals surface area (Å²) in [5, 5.41) is 0. The number of rotatable bonds is 3. The van der Waals surface area contributed by atoms with Crippen molar-refractivity contribution in [2.24, 2.45) is 0 Å². The molecule has 1 rings (SSSR count). The first-order valence-corrected chi connectivity index (χ1v) is 5.47. The first kappa shape index (κ1) is 12.4. The van der Waals surface area contributed by atoms with Crippen LogP contribution in [-0.4, -0.2) is 5.78 Å². The lowest BCUT2D eigenvalue weighted by Gasteiger charge is -2.07. The van der Waals surface area contributed by atoms with Crippen LogP contribution in [0, 0.1) is 20.8 Å². The van der Waals surface area contributed by atoms with E-state index in [0.29, 0.717) is 0 Å². The van der Waals surface area contributed by atoms with Crippen molar-refractivity contribution in [2.75, 3.05) is 0 Å². The van der Waals surface area contributed by atoms with Gasteiger partial charge in [0.25, 0.3) is 0 Å². The standard InChI is InChI=1S/C15H18O/c1-5-6-7-8-14(16)15-12(3)9-11(2)10-13(15)4/h5-10H,1-4H3/b6-5+,8-7+. The molecule has 0 amide bonds. The Morgan fingerprint density at radius 2 is 1.62 bits per heavy atom. The zero-order valence-electron chi connectivity index (χ0n) is 10.4. The molecule has 0 aliphatic rings. The Morgan fingerprint density at radius 3 is 2.12 bits per heavy atom. The zero-order valence-corrected chi connectivity index (χ0v) is 10.4. The van der Waals surface area contributed by atoms with Gasteiger partial charge in [0.1, 0.15) is 0 Å². The summed E-state index contributed by atoms with van der Waals surface area (Å²) in [5.74, 6) is 0.0769. The molecule has 0 atom stereocenters. The lowest BCUT2D eigenvalue weighted by atomic mass is 9.96. The van der Waals surface area contributed by atoms with E-state index >= 15 is 0 Å². The average Bonchev–Trinajstić information content (AvgIpc) is 2.16. The van der Waals surface area contributed by atoms with Crippen LogP contribution in [0.5, 0.6) is 0 Å². The van der Waals surface area contributed by atoms with E-state index < -0.39 is 0 Å². The molecule has 1 heteroatoms. The molecule has 0 N–H and O–H groups in total. The molecular weight excluding hydrogens is 196 g/mol. The second kappa shape index (κ2) is 5.45. The Morgan fingerprint density at radius 1 is 1.06 bits per heavy atom. The Hall–Kier alpha value is -1.63. The third-order valence-electron chi connectivity index (χ3n) is 2.47. The van der Waals surface area contributed by atoms with Gasteiger partial charge in [-0.25, -0.2) is 0 Å². The van der Waals surface area contributed by atoms with Crippen molar-refractivity contribution in [2.45, 2.75) is 27.7 Å². The van der Waals surface area contributed by atoms with E-state index in [-0.39, 0.29) is 5.78 Å². The molecule has 0 radical (unpaired) electrons. The molecule has 0 heterocycles. The first-order chi connectivity index (χ1) is 7.56. The fourth-order valence-corrected chi connectivity index (χ4v) is 1.91. The van der Waals surface area contributed by atoms with Crippen LogP contribution in [0.1, 0.15) is 34.0 Å². The summed E-state index contributed by atoms with van der Waals surface area (Å²) in [5.41, 5.74) is 4.12. The van der Waals surface area contributed by atoms with E-state index in [0.717, 1.165) is 16.7 Å². The van der Waals surface area contributed by atoms with E-state index in [1.54, 1.807) is 12.2 Å². The normalized spacial score (nSPS) is 11.5. The van der Waals surface area contributed by atoms with Crippen molar-refractivity contribution >= 4 is 5.78 Å². The highest BCUT2D eigenvalue weighted by Crippen LogP contribution is 2.17. The molecule has 84 valence electrons. The quantitative estimate of drug-likeness (QED) is 0.423. The molecule has 1 nitrogen and oxygen atoms in total. The third kappa shape index (κ3) is 2.93. The molecule has 0 saturated heterocycles. The van der Waals surface area contributed by atoms with Crippen molar-refractivity contribution < 1.29 is 4.79 Å². The molecule has 0 aliphatic carbocycles. The maximum absolute atomic E-state index is 12.0. The zero-order chi connectivity index (χ0) is 12.1. The Balaban J connectivity index is 3.09. The molecule has 0 saturated carbocycles. The molecule has 1 aromatic carbocycles. The van der Waals surface area contributed by atoms with Crippen LogP contribution in [-0.2, 0) is 0 Å². The smallest absolute Gasteiger partial charge is 0.186 e. The van der Waals surface area contributed by atoms with Gasteiger partial charge in [-0.15, -0.1) is 0 Å². The second-order valence-electron chi connectivity index (χ2n) is 4.02. The Labute approximate surface area is 97.5 Å². The molecule has 1 aromatic rings. The minimum absolute atomic E-state index is 0.0769. The highest BCUT2D eigenvalue weighted by Gasteiger charge is 2.09. The largest absolute Gasteiger partial charge is 0.289 e. The average molecular weight is 214 g/mol. The maximum Gasteiger partial charge on any atom is 0.186 e. The topological polar surface area (TPSA) is 17.1 Å². The molecule has 0 aromatic heterocycles. The first-order valence-electron chi connectivity index (χ1n) is 5.47. The van der Waals surface area contributed by atoms with Crippen molar-refractivity contribution in [1.82, 2.24) is 0 Å². The fraction of sp³-hybridized carbons (Fsp3) is 0.267. The summed E-state index contributed by atoms with van der Waals surface area (Å²) in [7, 11) is 0. The molecule has 0 bridgehead atoms. The van der Waals surface area contributed by atoms with Crippen molar-refractivity contribution in [3.63, 3.8) is 0 Å².